The van der Waals surface area contributed by atoms with Crippen LogP contribution in [0.25, 0.3) is 0 Å². The Labute approximate surface area is 172 Å². The van der Waals surface area contributed by atoms with Crippen LogP contribution in [0.4, 0.5) is 11.4 Å². The number of nitro groups is 2. The number of non-ortho nitro benzene ring substituents is 2. The van der Waals surface area contributed by atoms with Gasteiger partial charge in [0, 0.05) is 24.3 Å². The second-order valence-electron chi connectivity index (χ2n) is 6.11. The minimum atomic E-state index is -0.514. The highest BCUT2D eigenvalue weighted by molar-refractivity contribution is 5.35. The number of benzene rings is 2. The lowest BCUT2D eigenvalue weighted by atomic mass is 10.3. The normalized spacial score (nSPS) is 9.47. The van der Waals surface area contributed by atoms with Crippen LogP contribution in [0.1, 0.15) is 22.8 Å². The van der Waals surface area contributed by atoms with E-state index in [1.165, 1.54) is 48.5 Å². The van der Waals surface area contributed by atoms with Gasteiger partial charge in [-0.3, -0.25) is 30.2 Å². The van der Waals surface area contributed by atoms with Crippen molar-refractivity contribution in [2.45, 2.75) is 27.7 Å². The zero-order valence-corrected chi connectivity index (χ0v) is 16.9. The van der Waals surface area contributed by atoms with Gasteiger partial charge in [-0.2, -0.15) is 0 Å². The highest BCUT2D eigenvalue weighted by Gasteiger charge is 2.02. The van der Waals surface area contributed by atoms with Crippen LogP contribution >= 0.6 is 0 Å². The molecule has 3 rings (SSSR count). The molecule has 3 aromatic rings. The molecular weight excluding hydrogens is 392 g/mol. The maximum absolute atomic E-state index is 10.0. The Kier molecular flexibility index (Phi) is 8.83. The van der Waals surface area contributed by atoms with E-state index >= 15 is 0 Å². The van der Waals surface area contributed by atoms with Gasteiger partial charge in [0.15, 0.2) is 0 Å². The predicted octanol–water partition coefficient (Wildman–Crippen LogP) is 4.31. The molecule has 0 fully saturated rings. The third kappa shape index (κ3) is 7.89. The third-order valence-electron chi connectivity index (χ3n) is 3.84. The summed E-state index contributed by atoms with van der Waals surface area (Å²) in [4.78, 5) is 27.7. The minimum Gasteiger partial charge on any atom is -0.508 e. The molecule has 0 saturated heterocycles. The molecule has 2 N–H and O–H groups in total. The van der Waals surface area contributed by atoms with E-state index in [9.17, 15) is 20.2 Å². The smallest absolute Gasteiger partial charge is 0.269 e. The Hall–Kier alpha value is -4.08. The largest absolute Gasteiger partial charge is 0.508 e. The molecule has 0 radical (unpaired) electrons. The zero-order valence-electron chi connectivity index (χ0n) is 16.9. The van der Waals surface area contributed by atoms with Crippen molar-refractivity contribution in [1.82, 2.24) is 9.97 Å². The van der Waals surface area contributed by atoms with E-state index < -0.39 is 9.85 Å². The number of nitro benzene ring substituents is 2. The molecule has 0 saturated carbocycles. The molecule has 0 aliphatic rings. The summed E-state index contributed by atoms with van der Waals surface area (Å²) in [5.41, 5.74) is 4.09. The lowest BCUT2D eigenvalue weighted by molar-refractivity contribution is -0.385. The summed E-state index contributed by atoms with van der Waals surface area (Å²) in [5, 5.41) is 37.5. The van der Waals surface area contributed by atoms with Crippen LogP contribution in [0, 0.1) is 47.9 Å². The number of rotatable bonds is 2. The summed E-state index contributed by atoms with van der Waals surface area (Å²) in [6.45, 7) is 7.92. The van der Waals surface area contributed by atoms with E-state index in [0.29, 0.717) is 0 Å². The van der Waals surface area contributed by atoms with Crippen LogP contribution in [0.5, 0.6) is 11.5 Å². The average Bonchev–Trinajstić information content (AvgIpc) is 2.68. The molecule has 10 heteroatoms. The summed E-state index contributed by atoms with van der Waals surface area (Å²) in [7, 11) is 0. The maximum atomic E-state index is 10.0. The number of phenolic OH excluding ortho intramolecular Hbond substituents is 2. The number of aryl methyl sites for hydroxylation is 4. The van der Waals surface area contributed by atoms with Gasteiger partial charge in [0.1, 0.15) is 11.5 Å². The van der Waals surface area contributed by atoms with Crippen molar-refractivity contribution in [3.63, 3.8) is 0 Å². The molecule has 1 aromatic heterocycles. The summed E-state index contributed by atoms with van der Waals surface area (Å²) in [6, 6.07) is 10.1. The van der Waals surface area contributed by atoms with Crippen molar-refractivity contribution < 1.29 is 20.1 Å². The summed E-state index contributed by atoms with van der Waals surface area (Å²) < 4.78 is 0. The molecule has 0 aliphatic carbocycles. The Morgan fingerprint density at radius 1 is 0.600 bits per heavy atom. The fraction of sp³-hybridized carbons (Fsp3) is 0.200. The van der Waals surface area contributed by atoms with Gasteiger partial charge in [0.25, 0.3) is 11.4 Å². The van der Waals surface area contributed by atoms with Gasteiger partial charge < -0.3 is 10.2 Å². The first-order valence-corrected chi connectivity index (χ1v) is 8.66. The molecule has 2 aromatic carbocycles. The van der Waals surface area contributed by atoms with Gasteiger partial charge in [-0.15, -0.1) is 0 Å². The standard InChI is InChI=1S/C8H12N2.2C6H5NO3/c1-5-6(2)10-8(4)7(3)9-5;2*8-6-3-1-5(2-4-6)7(9)10/h1-4H3;2*1-4,8H. The fourth-order valence-corrected chi connectivity index (χ4v) is 1.98. The highest BCUT2D eigenvalue weighted by atomic mass is 16.6. The number of aromatic hydroxyl groups is 2. The van der Waals surface area contributed by atoms with Crippen molar-refractivity contribution >= 4 is 11.4 Å². The van der Waals surface area contributed by atoms with Gasteiger partial charge in [-0.05, 0) is 52.0 Å². The first-order valence-electron chi connectivity index (χ1n) is 8.66. The van der Waals surface area contributed by atoms with E-state index in [1.807, 2.05) is 27.7 Å². The number of aromatic nitrogens is 2. The van der Waals surface area contributed by atoms with E-state index in [4.69, 9.17) is 10.2 Å². The molecule has 0 unspecified atom stereocenters. The molecule has 0 aliphatic heterocycles. The van der Waals surface area contributed by atoms with Crippen molar-refractivity contribution in [3.05, 3.63) is 91.5 Å². The molecule has 0 amide bonds. The molecule has 0 spiro atoms. The van der Waals surface area contributed by atoms with E-state index in [0.717, 1.165) is 22.8 Å². The van der Waals surface area contributed by atoms with Gasteiger partial charge in [-0.1, -0.05) is 0 Å². The average molecular weight is 414 g/mol. The van der Waals surface area contributed by atoms with E-state index in [1.54, 1.807) is 0 Å². The van der Waals surface area contributed by atoms with Crippen molar-refractivity contribution in [1.29, 1.82) is 0 Å². The first kappa shape index (κ1) is 24.0. The van der Waals surface area contributed by atoms with Crippen molar-refractivity contribution in [3.8, 4) is 11.5 Å². The van der Waals surface area contributed by atoms with Crippen LogP contribution in [0.3, 0.4) is 0 Å². The summed E-state index contributed by atoms with van der Waals surface area (Å²) >= 11 is 0. The lowest BCUT2D eigenvalue weighted by Crippen LogP contribution is -1.97. The molecule has 0 bridgehead atoms. The monoisotopic (exact) mass is 414 g/mol. The highest BCUT2D eigenvalue weighted by Crippen LogP contribution is 2.15. The zero-order chi connectivity index (χ0) is 22.8. The Morgan fingerprint density at radius 2 is 0.833 bits per heavy atom. The Bertz CT molecular complexity index is 899. The van der Waals surface area contributed by atoms with Crippen LogP contribution in [0.15, 0.2) is 48.5 Å². The number of hydrogen-bond donors (Lipinski definition) is 2. The minimum absolute atomic E-state index is 0.0159. The third-order valence-corrected chi connectivity index (χ3v) is 3.84. The van der Waals surface area contributed by atoms with Crippen LogP contribution in [-0.4, -0.2) is 30.0 Å². The fourth-order valence-electron chi connectivity index (χ4n) is 1.98. The first-order chi connectivity index (χ1) is 14.0. The Morgan fingerprint density at radius 3 is 1.03 bits per heavy atom. The van der Waals surface area contributed by atoms with Gasteiger partial charge >= 0.3 is 0 Å². The lowest BCUT2D eigenvalue weighted by Gasteiger charge is -2.01. The van der Waals surface area contributed by atoms with Gasteiger partial charge in [0.2, 0.25) is 0 Å². The number of nitrogens with zero attached hydrogens (tertiary/aromatic N) is 4. The molecule has 30 heavy (non-hydrogen) atoms. The topological polar surface area (TPSA) is 153 Å². The van der Waals surface area contributed by atoms with E-state index in [-0.39, 0.29) is 22.9 Å². The Balaban J connectivity index is 0.000000225. The molecule has 158 valence electrons. The van der Waals surface area contributed by atoms with Gasteiger partial charge in [0.05, 0.1) is 32.6 Å². The summed E-state index contributed by atoms with van der Waals surface area (Å²) in [6.07, 6.45) is 0. The van der Waals surface area contributed by atoms with Crippen LogP contribution in [-0.2, 0) is 0 Å². The summed E-state index contributed by atoms with van der Waals surface area (Å²) in [5.74, 6) is 0.0659. The molecule has 10 nitrogen and oxygen atoms in total. The maximum Gasteiger partial charge on any atom is 0.269 e. The quantitative estimate of drug-likeness (QED) is 0.464. The second kappa shape index (κ2) is 11.1. The van der Waals surface area contributed by atoms with Crippen molar-refractivity contribution in [2.24, 2.45) is 0 Å². The van der Waals surface area contributed by atoms with E-state index in [2.05, 4.69) is 9.97 Å². The predicted molar refractivity (Wildman–Crippen MR) is 111 cm³/mol. The number of phenols is 2. The molecule has 0 atom stereocenters. The van der Waals surface area contributed by atoms with Gasteiger partial charge in [-0.25, -0.2) is 0 Å². The van der Waals surface area contributed by atoms with Crippen molar-refractivity contribution in [2.75, 3.05) is 0 Å². The molecular formula is C20H22N4O6. The SMILES string of the molecule is Cc1nc(C)c(C)nc1C.O=[N+]([O-])c1ccc(O)cc1.O=[N+]([O-])c1ccc(O)cc1. The van der Waals surface area contributed by atoms with Crippen LogP contribution < -0.4 is 0 Å². The number of hydrogen-bond acceptors (Lipinski definition) is 8. The van der Waals surface area contributed by atoms with Crippen LogP contribution in [0.2, 0.25) is 0 Å². The second-order valence-corrected chi connectivity index (χ2v) is 6.11. The molecule has 1 heterocycles.